The van der Waals surface area contributed by atoms with Gasteiger partial charge in [-0.1, -0.05) is 31.2 Å². The maximum absolute atomic E-state index is 10.3. The van der Waals surface area contributed by atoms with E-state index in [4.69, 9.17) is 0 Å². The third kappa shape index (κ3) is 3.20. The van der Waals surface area contributed by atoms with Crippen molar-refractivity contribution in [3.8, 4) is 0 Å². The van der Waals surface area contributed by atoms with Crippen molar-refractivity contribution in [2.45, 2.75) is 45.8 Å². The maximum atomic E-state index is 10.3. The zero-order valence-electron chi connectivity index (χ0n) is 11.7. The molecule has 2 rings (SSSR count). The summed E-state index contributed by atoms with van der Waals surface area (Å²) in [4.78, 5) is 4.23. The van der Waals surface area contributed by atoms with Crippen molar-refractivity contribution >= 4 is 0 Å². The van der Waals surface area contributed by atoms with Crippen LogP contribution in [-0.4, -0.2) is 19.9 Å². The summed E-state index contributed by atoms with van der Waals surface area (Å²) in [7, 11) is 0. The molecule has 19 heavy (non-hydrogen) atoms. The fourth-order valence-electron chi connectivity index (χ4n) is 2.12. The highest BCUT2D eigenvalue weighted by molar-refractivity contribution is 5.24. The van der Waals surface area contributed by atoms with Crippen LogP contribution in [0, 0.1) is 0 Å². The van der Waals surface area contributed by atoms with E-state index in [-0.39, 0.29) is 6.04 Å². The van der Waals surface area contributed by atoms with Gasteiger partial charge < -0.3 is 5.11 Å². The van der Waals surface area contributed by atoms with Gasteiger partial charge in [0.2, 0.25) is 0 Å². The van der Waals surface area contributed by atoms with Gasteiger partial charge in [0.1, 0.15) is 12.2 Å². The normalized spacial score (nSPS) is 12.9. The molecule has 2 aromatic rings. The van der Waals surface area contributed by atoms with Crippen molar-refractivity contribution in [1.29, 1.82) is 0 Å². The molecule has 0 saturated heterocycles. The first kappa shape index (κ1) is 13.7. The Balaban J connectivity index is 2.11. The van der Waals surface area contributed by atoms with Crippen molar-refractivity contribution in [3.05, 3.63) is 47.5 Å². The molecule has 0 aliphatic carbocycles. The Morgan fingerprint density at radius 3 is 2.47 bits per heavy atom. The lowest BCUT2D eigenvalue weighted by Gasteiger charge is -2.14. The van der Waals surface area contributed by atoms with Gasteiger partial charge in [0, 0.05) is 12.5 Å². The van der Waals surface area contributed by atoms with E-state index in [1.807, 2.05) is 16.8 Å². The Bertz CT molecular complexity index is 516. The van der Waals surface area contributed by atoms with Gasteiger partial charge in [-0.15, -0.1) is 0 Å². The van der Waals surface area contributed by atoms with Crippen LogP contribution in [0.4, 0.5) is 0 Å². The first-order chi connectivity index (χ1) is 9.11. The minimum Gasteiger partial charge on any atom is -0.388 e. The van der Waals surface area contributed by atoms with Gasteiger partial charge in [-0.3, -0.25) is 0 Å². The standard InChI is InChI=1S/C15H21N3O/c1-4-12-5-7-13(8-6-12)14(19)9-15-16-10-17-18(15)11(2)3/h5-8,10-11,14,19H,4,9H2,1-3H3. The zero-order chi connectivity index (χ0) is 13.8. The topological polar surface area (TPSA) is 50.9 Å². The van der Waals surface area contributed by atoms with Gasteiger partial charge >= 0.3 is 0 Å². The second-order valence-corrected chi connectivity index (χ2v) is 5.03. The van der Waals surface area contributed by atoms with Crippen LogP contribution in [0.25, 0.3) is 0 Å². The van der Waals surface area contributed by atoms with Gasteiger partial charge in [0.05, 0.1) is 6.10 Å². The third-order valence-electron chi connectivity index (χ3n) is 3.29. The largest absolute Gasteiger partial charge is 0.388 e. The molecule has 1 atom stereocenters. The Kier molecular flexibility index (Phi) is 4.32. The molecule has 102 valence electrons. The Morgan fingerprint density at radius 1 is 1.21 bits per heavy atom. The molecule has 1 unspecified atom stereocenters. The Hall–Kier alpha value is -1.68. The quantitative estimate of drug-likeness (QED) is 0.898. The predicted molar refractivity (Wildman–Crippen MR) is 74.9 cm³/mol. The van der Waals surface area contributed by atoms with E-state index in [0.717, 1.165) is 17.8 Å². The summed E-state index contributed by atoms with van der Waals surface area (Å²) in [6.45, 7) is 6.23. The molecule has 1 aromatic carbocycles. The predicted octanol–water partition coefficient (Wildman–Crippen LogP) is 2.70. The van der Waals surface area contributed by atoms with E-state index < -0.39 is 6.10 Å². The first-order valence-electron chi connectivity index (χ1n) is 6.77. The lowest BCUT2D eigenvalue weighted by molar-refractivity contribution is 0.173. The molecule has 1 heterocycles. The second kappa shape index (κ2) is 5.97. The fourth-order valence-corrected chi connectivity index (χ4v) is 2.12. The average molecular weight is 259 g/mol. The van der Waals surface area contributed by atoms with Crippen LogP contribution in [0.5, 0.6) is 0 Å². The summed E-state index contributed by atoms with van der Waals surface area (Å²) in [5, 5.41) is 14.5. The highest BCUT2D eigenvalue weighted by Gasteiger charge is 2.14. The van der Waals surface area contributed by atoms with E-state index in [2.05, 4.69) is 43.0 Å². The summed E-state index contributed by atoms with van der Waals surface area (Å²) in [5.74, 6) is 0.821. The average Bonchev–Trinajstić information content (AvgIpc) is 2.87. The molecule has 0 aliphatic rings. The molecule has 4 nitrogen and oxygen atoms in total. The minimum absolute atomic E-state index is 0.257. The zero-order valence-corrected chi connectivity index (χ0v) is 11.7. The summed E-state index contributed by atoms with van der Waals surface area (Å²) in [6.07, 6.45) is 2.51. The molecule has 0 bridgehead atoms. The van der Waals surface area contributed by atoms with Crippen LogP contribution in [0.15, 0.2) is 30.6 Å². The van der Waals surface area contributed by atoms with Crippen molar-refractivity contribution in [2.24, 2.45) is 0 Å². The maximum Gasteiger partial charge on any atom is 0.138 e. The second-order valence-electron chi connectivity index (χ2n) is 5.03. The van der Waals surface area contributed by atoms with Gasteiger partial charge in [-0.25, -0.2) is 9.67 Å². The number of hydrogen-bond acceptors (Lipinski definition) is 3. The van der Waals surface area contributed by atoms with Crippen LogP contribution < -0.4 is 0 Å². The molecular weight excluding hydrogens is 238 g/mol. The Morgan fingerprint density at radius 2 is 1.89 bits per heavy atom. The molecule has 0 fully saturated rings. The highest BCUT2D eigenvalue weighted by atomic mass is 16.3. The van der Waals surface area contributed by atoms with Crippen LogP contribution in [0.3, 0.4) is 0 Å². The van der Waals surface area contributed by atoms with E-state index in [0.29, 0.717) is 6.42 Å². The van der Waals surface area contributed by atoms with Crippen LogP contribution >= 0.6 is 0 Å². The van der Waals surface area contributed by atoms with Gasteiger partial charge in [0.15, 0.2) is 0 Å². The summed E-state index contributed by atoms with van der Waals surface area (Å²) in [5.41, 5.74) is 2.21. The molecule has 4 heteroatoms. The van der Waals surface area contributed by atoms with Gasteiger partial charge in [0.25, 0.3) is 0 Å². The minimum atomic E-state index is -0.535. The van der Waals surface area contributed by atoms with Crippen LogP contribution in [0.2, 0.25) is 0 Å². The molecule has 0 aliphatic heterocycles. The lowest BCUT2D eigenvalue weighted by Crippen LogP contribution is -2.12. The number of rotatable bonds is 5. The van der Waals surface area contributed by atoms with E-state index in [9.17, 15) is 5.11 Å². The van der Waals surface area contributed by atoms with Gasteiger partial charge in [-0.2, -0.15) is 5.10 Å². The van der Waals surface area contributed by atoms with Crippen molar-refractivity contribution in [3.63, 3.8) is 0 Å². The van der Waals surface area contributed by atoms with Gasteiger partial charge in [-0.05, 0) is 31.4 Å². The van der Waals surface area contributed by atoms with Crippen LogP contribution in [0.1, 0.15) is 49.9 Å². The van der Waals surface area contributed by atoms with E-state index in [1.165, 1.54) is 5.56 Å². The van der Waals surface area contributed by atoms with E-state index >= 15 is 0 Å². The highest BCUT2D eigenvalue weighted by Crippen LogP contribution is 2.19. The third-order valence-corrected chi connectivity index (χ3v) is 3.29. The lowest BCUT2D eigenvalue weighted by atomic mass is 10.0. The van der Waals surface area contributed by atoms with E-state index in [1.54, 1.807) is 6.33 Å². The smallest absolute Gasteiger partial charge is 0.138 e. The number of hydrogen-bond donors (Lipinski definition) is 1. The molecule has 0 amide bonds. The summed E-state index contributed by atoms with van der Waals surface area (Å²) >= 11 is 0. The molecule has 0 saturated carbocycles. The van der Waals surface area contributed by atoms with Crippen molar-refractivity contribution in [2.75, 3.05) is 0 Å². The summed E-state index contributed by atoms with van der Waals surface area (Å²) < 4.78 is 1.85. The molecule has 0 radical (unpaired) electrons. The Labute approximate surface area is 114 Å². The number of aromatic nitrogens is 3. The first-order valence-corrected chi connectivity index (χ1v) is 6.77. The number of benzene rings is 1. The van der Waals surface area contributed by atoms with Crippen molar-refractivity contribution in [1.82, 2.24) is 14.8 Å². The summed E-state index contributed by atoms with van der Waals surface area (Å²) in [6, 6.07) is 8.35. The monoisotopic (exact) mass is 259 g/mol. The number of aryl methyl sites for hydroxylation is 1. The van der Waals surface area contributed by atoms with Crippen molar-refractivity contribution < 1.29 is 5.11 Å². The molecule has 1 N–H and O–H groups in total. The number of nitrogens with zero attached hydrogens (tertiary/aromatic N) is 3. The fraction of sp³-hybridized carbons (Fsp3) is 0.467. The molecule has 1 aromatic heterocycles. The van der Waals surface area contributed by atoms with Crippen LogP contribution in [-0.2, 0) is 12.8 Å². The SMILES string of the molecule is CCc1ccc(C(O)Cc2ncnn2C(C)C)cc1. The number of aliphatic hydroxyl groups excluding tert-OH is 1. The number of aliphatic hydroxyl groups is 1. The molecular formula is C15H21N3O. The molecule has 0 spiro atoms.